The van der Waals surface area contributed by atoms with Gasteiger partial charge in [0.25, 0.3) is 0 Å². The van der Waals surface area contributed by atoms with Gasteiger partial charge in [0.15, 0.2) is 0 Å². The Balaban J connectivity index is 2.02. The van der Waals surface area contributed by atoms with Gasteiger partial charge in [-0.2, -0.15) is 0 Å². The van der Waals surface area contributed by atoms with Crippen molar-refractivity contribution in [2.75, 3.05) is 12.3 Å². The number of rotatable bonds is 3. The number of benzene rings is 1. The fourth-order valence-corrected chi connectivity index (χ4v) is 2.96. The molecule has 4 heteroatoms. The van der Waals surface area contributed by atoms with E-state index >= 15 is 0 Å². The van der Waals surface area contributed by atoms with Crippen LogP contribution in [-0.4, -0.2) is 28.9 Å². The van der Waals surface area contributed by atoms with E-state index in [9.17, 15) is 4.79 Å². The molecule has 1 aromatic carbocycles. The minimum atomic E-state index is 0.0497. The molecule has 0 spiro atoms. The van der Waals surface area contributed by atoms with Crippen LogP contribution in [0.15, 0.2) is 28.7 Å². The van der Waals surface area contributed by atoms with Gasteiger partial charge in [-0.15, -0.1) is 11.8 Å². The zero-order chi connectivity index (χ0) is 10.7. The molecule has 0 radical (unpaired) electrons. The van der Waals surface area contributed by atoms with E-state index in [0.29, 0.717) is 0 Å². The van der Waals surface area contributed by atoms with Crippen molar-refractivity contribution in [1.82, 2.24) is 4.90 Å². The Kier molecular flexibility index (Phi) is 3.83. The summed E-state index contributed by atoms with van der Waals surface area (Å²) in [7, 11) is 0. The average molecular weight is 286 g/mol. The molecule has 80 valence electrons. The van der Waals surface area contributed by atoms with Gasteiger partial charge in [-0.1, -0.05) is 28.1 Å². The zero-order valence-corrected chi connectivity index (χ0v) is 10.6. The highest BCUT2D eigenvalue weighted by Gasteiger charge is 2.24. The van der Waals surface area contributed by atoms with Crippen LogP contribution >= 0.6 is 27.7 Å². The highest BCUT2D eigenvalue weighted by Crippen LogP contribution is 2.24. The van der Waals surface area contributed by atoms with Crippen molar-refractivity contribution in [2.45, 2.75) is 11.9 Å². The summed E-state index contributed by atoms with van der Waals surface area (Å²) in [5.74, 6) is 1.06. The molecule has 1 aromatic rings. The molecule has 0 aliphatic carbocycles. The first kappa shape index (κ1) is 11.2. The van der Waals surface area contributed by atoms with Gasteiger partial charge in [0.05, 0.1) is 0 Å². The fraction of sp³-hybridized carbons (Fsp3) is 0.364. The summed E-state index contributed by atoms with van der Waals surface area (Å²) >= 11 is 5.13. The number of aldehydes is 1. The van der Waals surface area contributed by atoms with Gasteiger partial charge in [0, 0.05) is 23.3 Å². The monoisotopic (exact) mass is 285 g/mol. The molecule has 1 fully saturated rings. The molecule has 2 rings (SSSR count). The Bertz CT molecular complexity index is 341. The van der Waals surface area contributed by atoms with Crippen LogP contribution in [0.5, 0.6) is 0 Å². The molecular formula is C11H12BrNOS. The third-order valence-corrected chi connectivity index (χ3v) is 4.14. The van der Waals surface area contributed by atoms with Crippen molar-refractivity contribution in [2.24, 2.45) is 0 Å². The fourth-order valence-electron chi connectivity index (χ4n) is 1.64. The largest absolute Gasteiger partial charge is 0.301 e. The molecule has 1 heterocycles. The zero-order valence-electron chi connectivity index (χ0n) is 8.23. The minimum absolute atomic E-state index is 0.0497. The molecule has 2 nitrogen and oxygen atoms in total. The van der Waals surface area contributed by atoms with Gasteiger partial charge < -0.3 is 4.79 Å². The van der Waals surface area contributed by atoms with Gasteiger partial charge in [0.2, 0.25) is 0 Å². The van der Waals surface area contributed by atoms with E-state index < -0.39 is 0 Å². The van der Waals surface area contributed by atoms with Gasteiger partial charge >= 0.3 is 0 Å². The van der Waals surface area contributed by atoms with E-state index in [1.807, 2.05) is 12.1 Å². The van der Waals surface area contributed by atoms with Crippen molar-refractivity contribution in [1.29, 1.82) is 0 Å². The predicted octanol–water partition coefficient (Wildman–Crippen LogP) is 2.52. The van der Waals surface area contributed by atoms with E-state index in [1.54, 1.807) is 11.8 Å². The molecule has 1 saturated heterocycles. The number of hydrogen-bond acceptors (Lipinski definition) is 3. The van der Waals surface area contributed by atoms with E-state index in [1.165, 1.54) is 5.56 Å². The van der Waals surface area contributed by atoms with Gasteiger partial charge in [0.1, 0.15) is 11.7 Å². The van der Waals surface area contributed by atoms with Crippen LogP contribution in [0.3, 0.4) is 0 Å². The Hall–Kier alpha value is -0.320. The smallest absolute Gasteiger partial charge is 0.147 e. The molecule has 0 aromatic heterocycles. The topological polar surface area (TPSA) is 20.3 Å². The van der Waals surface area contributed by atoms with Gasteiger partial charge in [-0.3, -0.25) is 4.90 Å². The molecule has 1 atom stereocenters. The third kappa shape index (κ3) is 2.83. The summed E-state index contributed by atoms with van der Waals surface area (Å²) in [6.07, 6.45) is 1.04. The number of hydrogen-bond donors (Lipinski definition) is 0. The lowest BCUT2D eigenvalue weighted by molar-refractivity contribution is -0.109. The standard InChI is InChI=1S/C11H12BrNOS/c12-10-3-1-9(2-4-10)7-13-5-6-15-11(13)8-14/h1-4,8,11H,5-7H2. The second-order valence-electron chi connectivity index (χ2n) is 3.49. The van der Waals surface area contributed by atoms with Crippen LogP contribution in [0.25, 0.3) is 0 Å². The molecule has 0 amide bonds. The molecule has 15 heavy (non-hydrogen) atoms. The number of carbonyl (C=O) groups excluding carboxylic acids is 1. The van der Waals surface area contributed by atoms with Crippen molar-refractivity contribution in [3.05, 3.63) is 34.3 Å². The number of carbonyl (C=O) groups is 1. The molecule has 0 saturated carbocycles. The van der Waals surface area contributed by atoms with Gasteiger partial charge in [-0.25, -0.2) is 0 Å². The Labute approximate surface area is 102 Å². The first-order valence-electron chi connectivity index (χ1n) is 4.85. The molecule has 1 unspecified atom stereocenters. The summed E-state index contributed by atoms with van der Waals surface area (Å²) in [5, 5.41) is 0.0497. The minimum Gasteiger partial charge on any atom is -0.301 e. The quantitative estimate of drug-likeness (QED) is 0.796. The normalized spacial score (nSPS) is 21.8. The van der Waals surface area contributed by atoms with E-state index in [2.05, 4.69) is 33.0 Å². The highest BCUT2D eigenvalue weighted by atomic mass is 79.9. The lowest BCUT2D eigenvalue weighted by Gasteiger charge is -2.18. The van der Waals surface area contributed by atoms with Crippen LogP contribution in [0.1, 0.15) is 5.56 Å². The summed E-state index contributed by atoms with van der Waals surface area (Å²) in [6.45, 7) is 1.87. The van der Waals surface area contributed by atoms with Crippen LogP contribution in [0.2, 0.25) is 0 Å². The lowest BCUT2D eigenvalue weighted by Crippen LogP contribution is -2.28. The summed E-state index contributed by atoms with van der Waals surface area (Å²) in [6, 6.07) is 8.26. The Morgan fingerprint density at radius 2 is 2.20 bits per heavy atom. The van der Waals surface area contributed by atoms with Crippen LogP contribution in [-0.2, 0) is 11.3 Å². The van der Waals surface area contributed by atoms with Crippen LogP contribution in [0, 0.1) is 0 Å². The second-order valence-corrected chi connectivity index (χ2v) is 5.63. The van der Waals surface area contributed by atoms with Crippen molar-refractivity contribution < 1.29 is 4.79 Å². The first-order chi connectivity index (χ1) is 7.29. The molecule has 1 aliphatic heterocycles. The Morgan fingerprint density at radius 1 is 1.47 bits per heavy atom. The Morgan fingerprint density at radius 3 is 2.87 bits per heavy atom. The third-order valence-electron chi connectivity index (χ3n) is 2.44. The summed E-state index contributed by atoms with van der Waals surface area (Å²) < 4.78 is 1.09. The van der Waals surface area contributed by atoms with Crippen molar-refractivity contribution >= 4 is 34.0 Å². The molecule has 1 aliphatic rings. The predicted molar refractivity (Wildman–Crippen MR) is 66.9 cm³/mol. The van der Waals surface area contributed by atoms with Crippen molar-refractivity contribution in [3.8, 4) is 0 Å². The number of halogens is 1. The van der Waals surface area contributed by atoms with E-state index in [0.717, 1.165) is 29.6 Å². The average Bonchev–Trinajstić information content (AvgIpc) is 2.69. The van der Waals surface area contributed by atoms with Crippen LogP contribution < -0.4 is 0 Å². The number of thioether (sulfide) groups is 1. The molecule has 0 bridgehead atoms. The van der Waals surface area contributed by atoms with E-state index in [-0.39, 0.29) is 5.37 Å². The van der Waals surface area contributed by atoms with E-state index in [4.69, 9.17) is 0 Å². The lowest BCUT2D eigenvalue weighted by atomic mass is 10.2. The highest BCUT2D eigenvalue weighted by molar-refractivity contribution is 9.10. The number of nitrogens with zero attached hydrogens (tertiary/aromatic N) is 1. The van der Waals surface area contributed by atoms with Crippen molar-refractivity contribution in [3.63, 3.8) is 0 Å². The van der Waals surface area contributed by atoms with Gasteiger partial charge in [-0.05, 0) is 17.7 Å². The maximum Gasteiger partial charge on any atom is 0.147 e. The molecule has 0 N–H and O–H groups in total. The molecular weight excluding hydrogens is 274 g/mol. The first-order valence-corrected chi connectivity index (χ1v) is 6.69. The maximum absolute atomic E-state index is 10.8. The van der Waals surface area contributed by atoms with Crippen LogP contribution in [0.4, 0.5) is 0 Å². The summed E-state index contributed by atoms with van der Waals surface area (Å²) in [5.41, 5.74) is 1.26. The second kappa shape index (κ2) is 5.14. The summed E-state index contributed by atoms with van der Waals surface area (Å²) in [4.78, 5) is 13.0. The maximum atomic E-state index is 10.8. The SMILES string of the molecule is O=CC1SCCN1Cc1ccc(Br)cc1.